The third-order valence-electron chi connectivity index (χ3n) is 3.87. The zero-order chi connectivity index (χ0) is 12.3. The molecule has 0 aromatic carbocycles. The Labute approximate surface area is 112 Å². The summed E-state index contributed by atoms with van der Waals surface area (Å²) in [5.74, 6) is 0. The van der Waals surface area contributed by atoms with E-state index in [1.165, 1.54) is 18.4 Å². The lowest BCUT2D eigenvalue weighted by Crippen LogP contribution is -2.36. The van der Waals surface area contributed by atoms with E-state index in [9.17, 15) is 5.11 Å². The molecule has 1 saturated carbocycles. The third-order valence-corrected chi connectivity index (χ3v) is 4.98. The molecule has 2 rings (SSSR count). The summed E-state index contributed by atoms with van der Waals surface area (Å²) < 4.78 is 0.839. The van der Waals surface area contributed by atoms with E-state index in [0.29, 0.717) is 12.6 Å². The molecule has 4 heteroatoms. The molecule has 1 aromatic heterocycles. The number of rotatable bonds is 5. The second-order valence-corrected chi connectivity index (χ2v) is 6.69. The van der Waals surface area contributed by atoms with Gasteiger partial charge in [0.25, 0.3) is 0 Å². The highest BCUT2D eigenvalue weighted by Crippen LogP contribution is 2.37. The van der Waals surface area contributed by atoms with Crippen molar-refractivity contribution < 1.29 is 5.11 Å². The van der Waals surface area contributed by atoms with Crippen molar-refractivity contribution in [2.45, 2.75) is 38.6 Å². The average molecular weight is 274 g/mol. The Morgan fingerprint density at radius 1 is 1.53 bits per heavy atom. The maximum absolute atomic E-state index is 9.55. The van der Waals surface area contributed by atoms with Crippen molar-refractivity contribution in [1.82, 2.24) is 5.32 Å². The van der Waals surface area contributed by atoms with E-state index < -0.39 is 0 Å². The first-order valence-electron chi connectivity index (χ1n) is 6.23. The number of aliphatic hydroxyl groups excluding tert-OH is 1. The molecule has 96 valence electrons. The van der Waals surface area contributed by atoms with Crippen LogP contribution in [0.4, 0.5) is 0 Å². The van der Waals surface area contributed by atoms with Crippen LogP contribution in [0.15, 0.2) is 11.4 Å². The van der Waals surface area contributed by atoms with Gasteiger partial charge in [0.15, 0.2) is 0 Å². The predicted molar refractivity (Wildman–Crippen MR) is 73.7 cm³/mol. The molecular weight excluding hydrogens is 254 g/mol. The fourth-order valence-electron chi connectivity index (χ4n) is 2.55. The summed E-state index contributed by atoms with van der Waals surface area (Å²) in [6.45, 7) is 3.35. The van der Waals surface area contributed by atoms with Crippen molar-refractivity contribution in [2.75, 3.05) is 13.2 Å². The zero-order valence-corrected chi connectivity index (χ0v) is 11.8. The van der Waals surface area contributed by atoms with Crippen molar-refractivity contribution in [3.63, 3.8) is 0 Å². The quantitative estimate of drug-likeness (QED) is 0.859. The van der Waals surface area contributed by atoms with Gasteiger partial charge in [-0.1, -0.05) is 24.4 Å². The summed E-state index contributed by atoms with van der Waals surface area (Å²) in [4.78, 5) is 0. The van der Waals surface area contributed by atoms with Gasteiger partial charge in [0.1, 0.15) is 0 Å². The second-order valence-electron chi connectivity index (χ2n) is 5.15. The van der Waals surface area contributed by atoms with Crippen molar-refractivity contribution in [1.29, 1.82) is 0 Å². The summed E-state index contributed by atoms with van der Waals surface area (Å²) in [5, 5.41) is 15.2. The maximum Gasteiger partial charge on any atom is 0.0931 e. The van der Waals surface area contributed by atoms with Crippen LogP contribution < -0.4 is 5.32 Å². The summed E-state index contributed by atoms with van der Waals surface area (Å²) in [5.41, 5.74) is 1.36. The van der Waals surface area contributed by atoms with Gasteiger partial charge in [-0.2, -0.15) is 0 Å². The topological polar surface area (TPSA) is 32.3 Å². The molecule has 1 aliphatic rings. The van der Waals surface area contributed by atoms with Gasteiger partial charge < -0.3 is 10.4 Å². The summed E-state index contributed by atoms with van der Waals surface area (Å²) in [6, 6.07) is 2.33. The number of hydrogen-bond acceptors (Lipinski definition) is 3. The van der Waals surface area contributed by atoms with Gasteiger partial charge in [-0.05, 0) is 36.8 Å². The molecule has 0 radical (unpaired) electrons. The lowest BCUT2D eigenvalue weighted by molar-refractivity contribution is 0.125. The molecule has 2 N–H and O–H groups in total. The Bertz CT molecular complexity index is 360. The van der Waals surface area contributed by atoms with E-state index in [1.807, 2.05) is 6.07 Å². The van der Waals surface area contributed by atoms with Crippen LogP contribution in [0.1, 0.15) is 44.2 Å². The highest BCUT2D eigenvalue weighted by molar-refractivity contribution is 7.14. The summed E-state index contributed by atoms with van der Waals surface area (Å²) in [7, 11) is 0. The highest BCUT2D eigenvalue weighted by Gasteiger charge is 2.33. The van der Waals surface area contributed by atoms with Crippen LogP contribution in [-0.2, 0) is 0 Å². The first-order valence-corrected chi connectivity index (χ1v) is 7.49. The average Bonchev–Trinajstić information content (AvgIpc) is 2.95. The van der Waals surface area contributed by atoms with Crippen molar-refractivity contribution in [3.8, 4) is 0 Å². The van der Waals surface area contributed by atoms with E-state index in [2.05, 4.69) is 17.6 Å². The molecule has 2 nitrogen and oxygen atoms in total. The van der Waals surface area contributed by atoms with Crippen LogP contribution in [0.25, 0.3) is 0 Å². The Morgan fingerprint density at radius 2 is 2.24 bits per heavy atom. The highest BCUT2D eigenvalue weighted by atomic mass is 35.5. The van der Waals surface area contributed by atoms with Crippen molar-refractivity contribution in [3.05, 3.63) is 21.3 Å². The van der Waals surface area contributed by atoms with Crippen molar-refractivity contribution >= 4 is 22.9 Å². The van der Waals surface area contributed by atoms with Crippen LogP contribution in [0.3, 0.4) is 0 Å². The normalized spacial score (nSPS) is 20.6. The standard InChI is InChI=1S/C13H20ClNOS/c1-10(11-6-12(14)17-7-11)15-8-13(9-16)4-2-3-5-13/h6-7,10,15-16H,2-5,8-9H2,1H3. The number of aliphatic hydroxyl groups is 1. The summed E-state index contributed by atoms with van der Waals surface area (Å²) in [6.07, 6.45) is 4.79. The van der Waals surface area contributed by atoms with Crippen LogP contribution in [-0.4, -0.2) is 18.3 Å². The number of thiophene rings is 1. The van der Waals surface area contributed by atoms with Gasteiger partial charge in [0.2, 0.25) is 0 Å². The molecule has 1 fully saturated rings. The molecule has 0 aliphatic heterocycles. The van der Waals surface area contributed by atoms with E-state index in [0.717, 1.165) is 23.7 Å². The van der Waals surface area contributed by atoms with Gasteiger partial charge in [-0.25, -0.2) is 0 Å². The smallest absolute Gasteiger partial charge is 0.0931 e. The molecule has 0 spiro atoms. The third kappa shape index (κ3) is 3.22. The Morgan fingerprint density at radius 3 is 2.76 bits per heavy atom. The Hall–Kier alpha value is -0.0900. The van der Waals surface area contributed by atoms with Gasteiger partial charge in [0, 0.05) is 24.6 Å². The van der Waals surface area contributed by atoms with Gasteiger partial charge in [-0.15, -0.1) is 11.3 Å². The first-order chi connectivity index (χ1) is 8.15. The molecule has 1 atom stereocenters. The molecule has 1 aromatic rings. The van der Waals surface area contributed by atoms with E-state index in [4.69, 9.17) is 11.6 Å². The minimum Gasteiger partial charge on any atom is -0.396 e. The van der Waals surface area contributed by atoms with E-state index >= 15 is 0 Å². The lowest BCUT2D eigenvalue weighted by atomic mass is 9.87. The molecular formula is C13H20ClNOS. The minimum atomic E-state index is 0.119. The van der Waals surface area contributed by atoms with Crippen LogP contribution in [0.2, 0.25) is 4.34 Å². The fraction of sp³-hybridized carbons (Fsp3) is 0.692. The Kier molecular flexibility index (Phi) is 4.47. The molecule has 0 saturated heterocycles. The van der Waals surface area contributed by atoms with Gasteiger partial charge >= 0.3 is 0 Å². The van der Waals surface area contributed by atoms with Crippen LogP contribution >= 0.6 is 22.9 Å². The van der Waals surface area contributed by atoms with E-state index in [1.54, 1.807) is 11.3 Å². The van der Waals surface area contributed by atoms with Gasteiger partial charge in [0.05, 0.1) is 4.34 Å². The second kappa shape index (κ2) is 5.70. The molecule has 1 aliphatic carbocycles. The van der Waals surface area contributed by atoms with Gasteiger partial charge in [-0.3, -0.25) is 0 Å². The number of hydrogen-bond donors (Lipinski definition) is 2. The van der Waals surface area contributed by atoms with Crippen LogP contribution in [0.5, 0.6) is 0 Å². The minimum absolute atomic E-state index is 0.119. The molecule has 1 heterocycles. The number of nitrogens with one attached hydrogen (secondary N) is 1. The van der Waals surface area contributed by atoms with Crippen LogP contribution in [0, 0.1) is 5.41 Å². The summed E-state index contributed by atoms with van der Waals surface area (Å²) >= 11 is 7.51. The fourth-order valence-corrected chi connectivity index (χ4v) is 3.54. The molecule has 0 bridgehead atoms. The zero-order valence-electron chi connectivity index (χ0n) is 10.2. The molecule has 1 unspecified atom stereocenters. The monoisotopic (exact) mass is 273 g/mol. The molecule has 17 heavy (non-hydrogen) atoms. The maximum atomic E-state index is 9.55. The molecule has 0 amide bonds. The number of halogens is 1. The SMILES string of the molecule is CC(NCC1(CO)CCCC1)c1csc(Cl)c1. The largest absolute Gasteiger partial charge is 0.396 e. The van der Waals surface area contributed by atoms with Crippen molar-refractivity contribution in [2.24, 2.45) is 5.41 Å². The Balaban J connectivity index is 1.89. The predicted octanol–water partition coefficient (Wildman–Crippen LogP) is 3.60. The van der Waals surface area contributed by atoms with E-state index in [-0.39, 0.29) is 5.41 Å². The first kappa shape index (κ1) is 13.3. The lowest BCUT2D eigenvalue weighted by Gasteiger charge is -2.28.